The summed E-state index contributed by atoms with van der Waals surface area (Å²) < 4.78 is 0.700. The minimum Gasteiger partial charge on any atom is -0.347 e. The Hall–Kier alpha value is -1.20. The summed E-state index contributed by atoms with van der Waals surface area (Å²) in [7, 11) is 0. The van der Waals surface area contributed by atoms with Gasteiger partial charge in [-0.15, -0.1) is 0 Å². The molecular formula is C15H14Br2N2O. The Morgan fingerprint density at radius 2 is 1.95 bits per heavy atom. The van der Waals surface area contributed by atoms with E-state index in [1.807, 2.05) is 24.3 Å². The number of carbonyl (C=O) groups excluding carboxylic acids is 1. The Kier molecular flexibility index (Phi) is 5.73. The number of amides is 1. The summed E-state index contributed by atoms with van der Waals surface area (Å²) in [4.78, 5) is 16.3. The molecular weight excluding hydrogens is 384 g/mol. The smallest absolute Gasteiger partial charge is 0.271 e. The summed E-state index contributed by atoms with van der Waals surface area (Å²) in [5.74, 6) is -0.169. The monoisotopic (exact) mass is 396 g/mol. The predicted molar refractivity (Wildman–Crippen MR) is 87.1 cm³/mol. The number of pyridine rings is 1. The van der Waals surface area contributed by atoms with Crippen molar-refractivity contribution in [3.8, 4) is 0 Å². The molecule has 0 fully saturated rings. The van der Waals surface area contributed by atoms with Gasteiger partial charge in [0, 0.05) is 22.0 Å². The molecule has 0 aliphatic carbocycles. The van der Waals surface area contributed by atoms with Crippen LogP contribution in [0.1, 0.15) is 16.1 Å². The van der Waals surface area contributed by atoms with E-state index in [1.54, 1.807) is 12.3 Å². The molecule has 0 bridgehead atoms. The van der Waals surface area contributed by atoms with Gasteiger partial charge in [-0.2, -0.15) is 0 Å². The molecule has 0 aliphatic rings. The molecule has 3 nitrogen and oxygen atoms in total. The quantitative estimate of drug-likeness (QED) is 0.783. The maximum Gasteiger partial charge on any atom is 0.271 e. The van der Waals surface area contributed by atoms with Crippen LogP contribution < -0.4 is 5.32 Å². The van der Waals surface area contributed by atoms with E-state index in [-0.39, 0.29) is 11.9 Å². The van der Waals surface area contributed by atoms with Crippen LogP contribution in [-0.2, 0) is 6.42 Å². The standard InChI is InChI=1S/C15H14Br2N2O/c16-10-12(9-11-5-2-1-3-6-11)19-15(20)14-13(17)7-4-8-18-14/h1-8,12H,9-10H2,(H,19,20). The topological polar surface area (TPSA) is 42.0 Å². The number of rotatable bonds is 5. The van der Waals surface area contributed by atoms with Gasteiger partial charge in [-0.25, -0.2) is 4.98 Å². The number of carbonyl (C=O) groups is 1. The van der Waals surface area contributed by atoms with Crippen LogP contribution in [-0.4, -0.2) is 22.3 Å². The van der Waals surface area contributed by atoms with Gasteiger partial charge in [0.05, 0.1) is 0 Å². The molecule has 1 unspecified atom stereocenters. The second-order valence-corrected chi connectivity index (χ2v) is 5.85. The van der Waals surface area contributed by atoms with E-state index < -0.39 is 0 Å². The van der Waals surface area contributed by atoms with Crippen molar-refractivity contribution in [1.29, 1.82) is 0 Å². The van der Waals surface area contributed by atoms with Crippen molar-refractivity contribution >= 4 is 37.8 Å². The number of nitrogens with zero attached hydrogens (tertiary/aromatic N) is 1. The number of alkyl halides is 1. The van der Waals surface area contributed by atoms with E-state index in [1.165, 1.54) is 5.56 Å². The maximum absolute atomic E-state index is 12.2. The molecule has 20 heavy (non-hydrogen) atoms. The summed E-state index contributed by atoms with van der Waals surface area (Å²) in [6.07, 6.45) is 2.39. The fourth-order valence-corrected chi connectivity index (χ4v) is 2.68. The van der Waals surface area contributed by atoms with Gasteiger partial charge in [0.1, 0.15) is 5.69 Å². The average Bonchev–Trinajstić information content (AvgIpc) is 2.48. The molecule has 1 atom stereocenters. The molecule has 0 saturated carbocycles. The van der Waals surface area contributed by atoms with Gasteiger partial charge in [0.25, 0.3) is 5.91 Å². The fraction of sp³-hybridized carbons (Fsp3) is 0.200. The molecule has 0 aliphatic heterocycles. The van der Waals surface area contributed by atoms with Crippen molar-refractivity contribution in [2.75, 3.05) is 5.33 Å². The summed E-state index contributed by atoms with van der Waals surface area (Å²) >= 11 is 6.79. The molecule has 0 saturated heterocycles. The predicted octanol–water partition coefficient (Wildman–Crippen LogP) is 3.58. The Labute approximate surface area is 135 Å². The van der Waals surface area contributed by atoms with Gasteiger partial charge >= 0.3 is 0 Å². The molecule has 104 valence electrons. The largest absolute Gasteiger partial charge is 0.347 e. The number of nitrogens with one attached hydrogen (secondary N) is 1. The van der Waals surface area contributed by atoms with Crippen LogP contribution in [0.15, 0.2) is 53.1 Å². The molecule has 1 heterocycles. The second-order valence-electron chi connectivity index (χ2n) is 4.35. The zero-order valence-corrected chi connectivity index (χ0v) is 13.9. The summed E-state index contributed by atoms with van der Waals surface area (Å²) in [6.45, 7) is 0. The lowest BCUT2D eigenvalue weighted by molar-refractivity contribution is 0.0935. The maximum atomic E-state index is 12.2. The molecule has 2 aromatic rings. The van der Waals surface area contributed by atoms with Gasteiger partial charge in [-0.3, -0.25) is 4.79 Å². The number of aromatic nitrogens is 1. The molecule has 0 spiro atoms. The molecule has 1 aromatic heterocycles. The van der Waals surface area contributed by atoms with E-state index in [0.717, 1.165) is 6.42 Å². The molecule has 1 N–H and O–H groups in total. The SMILES string of the molecule is O=C(NC(CBr)Cc1ccccc1)c1ncccc1Br. The minimum absolute atomic E-state index is 0.0267. The van der Waals surface area contributed by atoms with E-state index in [9.17, 15) is 4.79 Å². The number of hydrogen-bond acceptors (Lipinski definition) is 2. The van der Waals surface area contributed by atoms with Crippen LogP contribution in [0.2, 0.25) is 0 Å². The third-order valence-corrected chi connectivity index (χ3v) is 4.24. The Balaban J connectivity index is 2.03. The van der Waals surface area contributed by atoms with Gasteiger partial charge in [0.2, 0.25) is 0 Å². The summed E-state index contributed by atoms with van der Waals surface area (Å²) in [5.41, 5.74) is 1.60. The van der Waals surface area contributed by atoms with Crippen molar-refractivity contribution in [3.63, 3.8) is 0 Å². The van der Waals surface area contributed by atoms with Crippen molar-refractivity contribution in [3.05, 3.63) is 64.4 Å². The van der Waals surface area contributed by atoms with Crippen LogP contribution >= 0.6 is 31.9 Å². The number of benzene rings is 1. The van der Waals surface area contributed by atoms with E-state index in [0.29, 0.717) is 15.5 Å². The highest BCUT2D eigenvalue weighted by Gasteiger charge is 2.16. The highest BCUT2D eigenvalue weighted by atomic mass is 79.9. The first-order valence-corrected chi connectivity index (χ1v) is 8.13. The van der Waals surface area contributed by atoms with Crippen LogP contribution in [0.4, 0.5) is 0 Å². The first-order valence-electron chi connectivity index (χ1n) is 6.22. The van der Waals surface area contributed by atoms with Crippen molar-refractivity contribution < 1.29 is 4.79 Å². The number of halogens is 2. The lowest BCUT2D eigenvalue weighted by atomic mass is 10.1. The first-order chi connectivity index (χ1) is 9.70. The highest BCUT2D eigenvalue weighted by molar-refractivity contribution is 9.10. The van der Waals surface area contributed by atoms with Crippen LogP contribution in [0.3, 0.4) is 0 Å². The van der Waals surface area contributed by atoms with Crippen molar-refractivity contribution in [1.82, 2.24) is 10.3 Å². The summed E-state index contributed by atoms with van der Waals surface area (Å²) in [5, 5.41) is 3.69. The minimum atomic E-state index is -0.169. The Bertz CT molecular complexity index is 575. The lowest BCUT2D eigenvalue weighted by Crippen LogP contribution is -2.38. The zero-order chi connectivity index (χ0) is 14.4. The third kappa shape index (κ3) is 4.15. The lowest BCUT2D eigenvalue weighted by Gasteiger charge is -2.16. The van der Waals surface area contributed by atoms with Gasteiger partial charge in [-0.05, 0) is 40.0 Å². The average molecular weight is 398 g/mol. The van der Waals surface area contributed by atoms with Crippen LogP contribution in [0.25, 0.3) is 0 Å². The molecule has 2 rings (SSSR count). The zero-order valence-electron chi connectivity index (χ0n) is 10.7. The Morgan fingerprint density at radius 1 is 1.20 bits per heavy atom. The molecule has 1 amide bonds. The number of hydrogen-bond donors (Lipinski definition) is 1. The molecule has 1 aromatic carbocycles. The highest BCUT2D eigenvalue weighted by Crippen LogP contribution is 2.14. The van der Waals surface area contributed by atoms with E-state index in [4.69, 9.17) is 0 Å². The normalized spacial score (nSPS) is 11.9. The molecule has 5 heteroatoms. The van der Waals surface area contributed by atoms with Gasteiger partial charge < -0.3 is 5.32 Å². The van der Waals surface area contributed by atoms with Crippen LogP contribution in [0, 0.1) is 0 Å². The van der Waals surface area contributed by atoms with E-state index >= 15 is 0 Å². The van der Waals surface area contributed by atoms with E-state index in [2.05, 4.69) is 54.3 Å². The van der Waals surface area contributed by atoms with Crippen LogP contribution in [0.5, 0.6) is 0 Å². The second kappa shape index (κ2) is 7.55. The summed E-state index contributed by atoms with van der Waals surface area (Å²) in [6, 6.07) is 13.7. The van der Waals surface area contributed by atoms with Crippen molar-refractivity contribution in [2.45, 2.75) is 12.5 Å². The molecule has 0 radical (unpaired) electrons. The Morgan fingerprint density at radius 3 is 2.60 bits per heavy atom. The van der Waals surface area contributed by atoms with Gasteiger partial charge in [0.15, 0.2) is 0 Å². The fourth-order valence-electron chi connectivity index (χ4n) is 1.85. The van der Waals surface area contributed by atoms with Crippen molar-refractivity contribution in [2.24, 2.45) is 0 Å². The third-order valence-electron chi connectivity index (χ3n) is 2.82. The first kappa shape index (κ1) is 15.2. The van der Waals surface area contributed by atoms with Gasteiger partial charge in [-0.1, -0.05) is 46.3 Å².